The first-order valence-electron chi connectivity index (χ1n) is 5.95. The summed E-state index contributed by atoms with van der Waals surface area (Å²) in [6.07, 6.45) is 6.01. The Morgan fingerprint density at radius 3 is 2.20 bits per heavy atom. The quantitative estimate of drug-likeness (QED) is 0.565. The Bertz CT molecular complexity index is 160. The average Bonchev–Trinajstić information content (AvgIpc) is 2.19. The molecule has 0 aromatic rings. The molecule has 0 aromatic heterocycles. The van der Waals surface area contributed by atoms with E-state index in [0.717, 1.165) is 51.6 Å². The molecule has 0 unspecified atom stereocenters. The van der Waals surface area contributed by atoms with E-state index in [1.165, 1.54) is 0 Å². The minimum Gasteiger partial charge on any atom is -0.396 e. The fourth-order valence-electron chi connectivity index (χ4n) is 1.54. The monoisotopic (exact) mass is 215 g/mol. The topological polar surface area (TPSA) is 40.5 Å². The predicted octanol–water partition coefficient (Wildman–Crippen LogP) is 1.84. The van der Waals surface area contributed by atoms with Gasteiger partial charge in [-0.25, -0.2) is 0 Å². The summed E-state index contributed by atoms with van der Waals surface area (Å²) in [7, 11) is 2.12. The lowest BCUT2D eigenvalue weighted by atomic mass is 10.2. The summed E-state index contributed by atoms with van der Waals surface area (Å²) in [6.45, 7) is 4.13. The van der Waals surface area contributed by atoms with Crippen LogP contribution < -0.4 is 0 Å². The number of carbonyl (C=O) groups excluding carboxylic acids is 1. The van der Waals surface area contributed by atoms with Crippen LogP contribution in [0.2, 0.25) is 0 Å². The molecular formula is C12H25NO2. The summed E-state index contributed by atoms with van der Waals surface area (Å²) in [6, 6.07) is 0. The number of ketones is 1. The van der Waals surface area contributed by atoms with Gasteiger partial charge >= 0.3 is 0 Å². The maximum absolute atomic E-state index is 10.7. The first kappa shape index (κ1) is 14.6. The highest BCUT2D eigenvalue weighted by atomic mass is 16.2. The standard InChI is InChI=1S/C12H25NO2/c1-12(15)8-4-6-10-13(2)9-5-3-7-11-14/h14H,3-11H2,1-2H3. The van der Waals surface area contributed by atoms with Crippen LogP contribution in [0.3, 0.4) is 0 Å². The molecule has 0 amide bonds. The minimum atomic E-state index is 0.292. The van der Waals surface area contributed by atoms with E-state index in [2.05, 4.69) is 11.9 Å². The summed E-state index contributed by atoms with van der Waals surface area (Å²) in [5.74, 6) is 0.292. The van der Waals surface area contributed by atoms with Crippen LogP contribution in [0.1, 0.15) is 45.4 Å². The number of nitrogens with zero attached hydrogens (tertiary/aromatic N) is 1. The van der Waals surface area contributed by atoms with Crippen LogP contribution >= 0.6 is 0 Å². The van der Waals surface area contributed by atoms with Crippen molar-refractivity contribution < 1.29 is 9.90 Å². The van der Waals surface area contributed by atoms with Gasteiger partial charge in [0.25, 0.3) is 0 Å². The molecule has 3 heteroatoms. The summed E-state index contributed by atoms with van der Waals surface area (Å²) >= 11 is 0. The average molecular weight is 215 g/mol. The Morgan fingerprint density at radius 1 is 1.07 bits per heavy atom. The summed E-state index contributed by atoms with van der Waals surface area (Å²) in [5, 5.41) is 8.61. The van der Waals surface area contributed by atoms with Gasteiger partial charge in [0.1, 0.15) is 5.78 Å². The van der Waals surface area contributed by atoms with Crippen LogP contribution in [0.25, 0.3) is 0 Å². The SMILES string of the molecule is CC(=O)CCCCN(C)CCCCCO. The molecule has 0 saturated heterocycles. The third kappa shape index (κ3) is 11.5. The Balaban J connectivity index is 3.18. The van der Waals surface area contributed by atoms with Crippen molar-refractivity contribution in [1.82, 2.24) is 4.90 Å². The predicted molar refractivity (Wildman–Crippen MR) is 63.0 cm³/mol. The lowest BCUT2D eigenvalue weighted by Gasteiger charge is -2.15. The van der Waals surface area contributed by atoms with Crippen molar-refractivity contribution >= 4 is 5.78 Å². The molecule has 0 aliphatic heterocycles. The van der Waals surface area contributed by atoms with Crippen molar-refractivity contribution in [2.75, 3.05) is 26.7 Å². The number of hydrogen-bond acceptors (Lipinski definition) is 3. The van der Waals surface area contributed by atoms with Crippen LogP contribution in [0.15, 0.2) is 0 Å². The molecule has 0 fully saturated rings. The zero-order valence-electron chi connectivity index (χ0n) is 10.2. The van der Waals surface area contributed by atoms with Gasteiger partial charge in [0.15, 0.2) is 0 Å². The molecule has 0 atom stereocenters. The molecule has 3 nitrogen and oxygen atoms in total. The highest BCUT2D eigenvalue weighted by molar-refractivity contribution is 5.75. The number of aliphatic hydroxyl groups is 1. The van der Waals surface area contributed by atoms with Crippen LogP contribution in [-0.4, -0.2) is 42.5 Å². The van der Waals surface area contributed by atoms with Gasteiger partial charge in [-0.05, 0) is 59.2 Å². The Kier molecular flexibility index (Phi) is 9.84. The first-order chi connectivity index (χ1) is 7.16. The van der Waals surface area contributed by atoms with Gasteiger partial charge < -0.3 is 14.8 Å². The number of rotatable bonds is 10. The van der Waals surface area contributed by atoms with Crippen molar-refractivity contribution in [3.05, 3.63) is 0 Å². The Labute approximate surface area is 93.5 Å². The van der Waals surface area contributed by atoms with Crippen molar-refractivity contribution in [2.45, 2.75) is 45.4 Å². The summed E-state index contributed by atoms with van der Waals surface area (Å²) in [5.41, 5.74) is 0. The van der Waals surface area contributed by atoms with Gasteiger partial charge in [-0.1, -0.05) is 0 Å². The van der Waals surface area contributed by atoms with Crippen LogP contribution in [0, 0.1) is 0 Å². The molecule has 1 N–H and O–H groups in total. The molecule has 0 aliphatic carbocycles. The highest BCUT2D eigenvalue weighted by Crippen LogP contribution is 2.01. The fourth-order valence-corrected chi connectivity index (χ4v) is 1.54. The number of aliphatic hydroxyl groups excluding tert-OH is 1. The minimum absolute atomic E-state index is 0.292. The second kappa shape index (κ2) is 10.1. The summed E-state index contributed by atoms with van der Waals surface area (Å²) in [4.78, 5) is 13.0. The number of Topliss-reactive ketones (excluding diaryl/α,β-unsaturated/α-hetero) is 1. The maximum Gasteiger partial charge on any atom is 0.129 e. The molecule has 0 aromatic carbocycles. The molecule has 0 spiro atoms. The summed E-state index contributed by atoms with van der Waals surface area (Å²) < 4.78 is 0. The fraction of sp³-hybridized carbons (Fsp3) is 0.917. The van der Waals surface area contributed by atoms with E-state index in [0.29, 0.717) is 12.4 Å². The van der Waals surface area contributed by atoms with E-state index < -0.39 is 0 Å². The third-order valence-corrected chi connectivity index (χ3v) is 2.52. The second-order valence-corrected chi connectivity index (χ2v) is 4.25. The second-order valence-electron chi connectivity index (χ2n) is 4.25. The highest BCUT2D eigenvalue weighted by Gasteiger charge is 1.99. The third-order valence-electron chi connectivity index (χ3n) is 2.52. The smallest absolute Gasteiger partial charge is 0.129 e. The largest absolute Gasteiger partial charge is 0.396 e. The van der Waals surface area contributed by atoms with Crippen LogP contribution in [0.5, 0.6) is 0 Å². The molecule has 0 aliphatic rings. The Hall–Kier alpha value is -0.410. The zero-order chi connectivity index (χ0) is 11.5. The molecule has 0 heterocycles. The number of carbonyl (C=O) groups is 1. The van der Waals surface area contributed by atoms with Crippen molar-refractivity contribution in [3.8, 4) is 0 Å². The van der Waals surface area contributed by atoms with Crippen molar-refractivity contribution in [2.24, 2.45) is 0 Å². The van der Waals surface area contributed by atoms with Crippen molar-refractivity contribution in [1.29, 1.82) is 0 Å². The molecule has 0 rings (SSSR count). The molecule has 15 heavy (non-hydrogen) atoms. The van der Waals surface area contributed by atoms with E-state index >= 15 is 0 Å². The molecule has 0 radical (unpaired) electrons. The molecule has 0 bridgehead atoms. The van der Waals surface area contributed by atoms with E-state index in [-0.39, 0.29) is 0 Å². The van der Waals surface area contributed by atoms with Crippen LogP contribution in [0.4, 0.5) is 0 Å². The van der Waals surface area contributed by atoms with Crippen molar-refractivity contribution in [3.63, 3.8) is 0 Å². The Morgan fingerprint density at radius 2 is 1.67 bits per heavy atom. The lowest BCUT2D eigenvalue weighted by molar-refractivity contribution is -0.117. The number of unbranched alkanes of at least 4 members (excludes halogenated alkanes) is 3. The van der Waals surface area contributed by atoms with Gasteiger partial charge in [0.2, 0.25) is 0 Å². The maximum atomic E-state index is 10.7. The van der Waals surface area contributed by atoms with Gasteiger partial charge in [-0.2, -0.15) is 0 Å². The lowest BCUT2D eigenvalue weighted by Crippen LogP contribution is -2.21. The van der Waals surface area contributed by atoms with Crippen LogP contribution in [-0.2, 0) is 4.79 Å². The molecule has 90 valence electrons. The molecular weight excluding hydrogens is 190 g/mol. The van der Waals surface area contributed by atoms with E-state index in [9.17, 15) is 4.79 Å². The van der Waals surface area contributed by atoms with Gasteiger partial charge in [-0.15, -0.1) is 0 Å². The van der Waals surface area contributed by atoms with Gasteiger partial charge in [-0.3, -0.25) is 0 Å². The normalized spacial score (nSPS) is 10.9. The zero-order valence-corrected chi connectivity index (χ0v) is 10.2. The van der Waals surface area contributed by atoms with Gasteiger partial charge in [0.05, 0.1) is 0 Å². The van der Waals surface area contributed by atoms with E-state index in [1.54, 1.807) is 6.92 Å². The van der Waals surface area contributed by atoms with E-state index in [4.69, 9.17) is 5.11 Å². The van der Waals surface area contributed by atoms with Gasteiger partial charge in [0, 0.05) is 13.0 Å². The molecule has 0 saturated carbocycles. The first-order valence-corrected chi connectivity index (χ1v) is 5.95. The number of hydrogen-bond donors (Lipinski definition) is 1. The van der Waals surface area contributed by atoms with E-state index in [1.807, 2.05) is 0 Å².